The lowest BCUT2D eigenvalue weighted by Crippen LogP contribution is -2.43. The van der Waals surface area contributed by atoms with Gasteiger partial charge in [-0.15, -0.1) is 0 Å². The van der Waals surface area contributed by atoms with Crippen LogP contribution in [0.15, 0.2) is 85.1 Å². The number of rotatable bonds is 3. The molecule has 168 valence electrons. The van der Waals surface area contributed by atoms with Gasteiger partial charge < -0.3 is 5.11 Å². The fraction of sp³-hybridized carbons (Fsp3) is 0.0769. The molecule has 0 saturated heterocycles. The quantitative estimate of drug-likeness (QED) is 0.336. The Morgan fingerprint density at radius 2 is 1.59 bits per heavy atom. The predicted octanol–water partition coefficient (Wildman–Crippen LogP) is 5.99. The number of benzene rings is 4. The Kier molecular flexibility index (Phi) is 4.88. The minimum Gasteiger partial charge on any atom is -0.372 e. The highest BCUT2D eigenvalue weighted by Gasteiger charge is 2.57. The Bertz CT molecular complexity index is 1580. The Morgan fingerprint density at radius 3 is 2.26 bits per heavy atom. The summed E-state index contributed by atoms with van der Waals surface area (Å²) in [6, 6.07) is 20.0. The summed E-state index contributed by atoms with van der Waals surface area (Å²) in [6.07, 6.45) is -3.68. The Hall–Kier alpha value is -4.22. The van der Waals surface area contributed by atoms with E-state index < -0.39 is 17.6 Å². The van der Waals surface area contributed by atoms with Crippen LogP contribution in [0.1, 0.15) is 16.7 Å². The second-order valence-corrected chi connectivity index (χ2v) is 7.83. The van der Waals surface area contributed by atoms with Crippen LogP contribution in [0.4, 0.5) is 17.6 Å². The maximum absolute atomic E-state index is 14.5. The molecule has 0 saturated carbocycles. The van der Waals surface area contributed by atoms with E-state index in [4.69, 9.17) is 0 Å². The molecule has 1 heterocycles. The lowest BCUT2D eigenvalue weighted by Gasteiger charge is -2.32. The van der Waals surface area contributed by atoms with Gasteiger partial charge in [-0.05, 0) is 58.8 Å². The van der Waals surface area contributed by atoms with Gasteiger partial charge in [0.05, 0.1) is 29.0 Å². The lowest BCUT2D eigenvalue weighted by atomic mass is 9.81. The third-order valence-corrected chi connectivity index (χ3v) is 5.90. The van der Waals surface area contributed by atoms with Gasteiger partial charge >= 0.3 is 6.18 Å². The Labute approximate surface area is 190 Å². The third kappa shape index (κ3) is 3.21. The molecule has 8 heteroatoms. The first-order valence-electron chi connectivity index (χ1n) is 10.2. The van der Waals surface area contributed by atoms with Crippen LogP contribution in [0.2, 0.25) is 0 Å². The summed E-state index contributed by atoms with van der Waals surface area (Å²) in [5.41, 5.74) is -2.87. The van der Waals surface area contributed by atoms with E-state index in [1.54, 1.807) is 18.2 Å². The molecule has 0 bridgehead atoms. The molecule has 1 N–H and O–H groups in total. The largest absolute Gasteiger partial charge is 0.425 e. The van der Waals surface area contributed by atoms with Crippen molar-refractivity contribution in [3.05, 3.63) is 108 Å². The zero-order valence-corrected chi connectivity index (χ0v) is 17.4. The predicted molar refractivity (Wildman–Crippen MR) is 119 cm³/mol. The van der Waals surface area contributed by atoms with Crippen LogP contribution >= 0.6 is 0 Å². The van der Waals surface area contributed by atoms with Crippen molar-refractivity contribution in [1.29, 1.82) is 5.26 Å². The number of nitriles is 1. The molecule has 1 atom stereocenters. The summed E-state index contributed by atoms with van der Waals surface area (Å²) in [4.78, 5) is 0. The van der Waals surface area contributed by atoms with E-state index >= 15 is 0 Å². The molecule has 0 spiro atoms. The topological polar surface area (TPSA) is 61.8 Å². The molecule has 4 nitrogen and oxygen atoms in total. The molecule has 1 aromatic heterocycles. The van der Waals surface area contributed by atoms with Gasteiger partial charge in [0.2, 0.25) is 5.60 Å². The van der Waals surface area contributed by atoms with E-state index in [2.05, 4.69) is 5.10 Å². The first-order chi connectivity index (χ1) is 16.2. The van der Waals surface area contributed by atoms with Crippen molar-refractivity contribution in [3.8, 4) is 11.8 Å². The minimum absolute atomic E-state index is 0.128. The summed E-state index contributed by atoms with van der Waals surface area (Å²) in [7, 11) is 0. The van der Waals surface area contributed by atoms with E-state index in [-0.39, 0.29) is 22.1 Å². The molecule has 1 unspecified atom stereocenters. The summed E-state index contributed by atoms with van der Waals surface area (Å²) < 4.78 is 58.3. The lowest BCUT2D eigenvalue weighted by molar-refractivity contribution is -0.247. The van der Waals surface area contributed by atoms with Gasteiger partial charge in [-0.1, -0.05) is 36.4 Å². The van der Waals surface area contributed by atoms with Crippen LogP contribution in [0, 0.1) is 17.1 Å². The van der Waals surface area contributed by atoms with Crippen LogP contribution < -0.4 is 0 Å². The normalized spacial score (nSPS) is 13.6. The highest BCUT2D eigenvalue weighted by atomic mass is 19.4. The van der Waals surface area contributed by atoms with Gasteiger partial charge in [0.25, 0.3) is 0 Å². The molecule has 0 amide bonds. The van der Waals surface area contributed by atoms with E-state index in [9.17, 15) is 27.9 Å². The second-order valence-electron chi connectivity index (χ2n) is 7.83. The number of aromatic nitrogens is 2. The van der Waals surface area contributed by atoms with Gasteiger partial charge in [0.1, 0.15) is 5.82 Å². The van der Waals surface area contributed by atoms with Gasteiger partial charge in [-0.3, -0.25) is 0 Å². The van der Waals surface area contributed by atoms with E-state index in [0.717, 1.165) is 6.07 Å². The zero-order valence-electron chi connectivity index (χ0n) is 17.4. The molecule has 0 aliphatic rings. The molecule has 5 rings (SSSR count). The smallest absolute Gasteiger partial charge is 0.372 e. The maximum atomic E-state index is 14.5. The summed E-state index contributed by atoms with van der Waals surface area (Å²) in [6.45, 7) is 0. The number of hydrogen-bond acceptors (Lipinski definition) is 3. The summed E-state index contributed by atoms with van der Waals surface area (Å²) in [5, 5.41) is 25.7. The molecular formula is C26H15F4N3O. The van der Waals surface area contributed by atoms with Gasteiger partial charge in [0, 0.05) is 10.9 Å². The van der Waals surface area contributed by atoms with Gasteiger partial charge in [0.15, 0.2) is 0 Å². The van der Waals surface area contributed by atoms with Crippen LogP contribution in [0.25, 0.3) is 27.4 Å². The molecular weight excluding hydrogens is 446 g/mol. The van der Waals surface area contributed by atoms with Crippen molar-refractivity contribution in [2.75, 3.05) is 0 Å². The maximum Gasteiger partial charge on any atom is 0.425 e. The number of nitrogens with zero attached hydrogens (tertiary/aromatic N) is 3. The van der Waals surface area contributed by atoms with Crippen molar-refractivity contribution in [2.24, 2.45) is 0 Å². The molecule has 4 aromatic carbocycles. The van der Waals surface area contributed by atoms with Crippen LogP contribution in [0.3, 0.4) is 0 Å². The monoisotopic (exact) mass is 461 g/mol. The molecule has 0 aliphatic carbocycles. The molecule has 0 radical (unpaired) electrons. The second kappa shape index (κ2) is 7.68. The number of aliphatic hydroxyl groups is 1. The highest BCUT2D eigenvalue weighted by Crippen LogP contribution is 2.47. The van der Waals surface area contributed by atoms with Crippen molar-refractivity contribution < 1.29 is 22.7 Å². The van der Waals surface area contributed by atoms with Gasteiger partial charge in [-0.2, -0.15) is 23.5 Å². The summed E-state index contributed by atoms with van der Waals surface area (Å²) in [5.74, 6) is -0.424. The summed E-state index contributed by atoms with van der Waals surface area (Å²) >= 11 is 0. The third-order valence-electron chi connectivity index (χ3n) is 5.90. The molecule has 34 heavy (non-hydrogen) atoms. The SMILES string of the molecule is N#Cc1ccc(C(O)(c2ccc3c(cnn3-c3ccc(F)cc3)c2)C(F)(F)F)c2ccccc12. The number of fused-ring (bicyclic) bond motifs is 2. The van der Waals surface area contributed by atoms with Crippen molar-refractivity contribution in [3.63, 3.8) is 0 Å². The first-order valence-corrected chi connectivity index (χ1v) is 10.2. The standard InChI is InChI=1S/C26H15F4N3O/c27-19-7-9-20(10-8-19)33-24-12-6-18(13-17(24)15-32-33)25(34,26(28,29)30)23-11-5-16(14-31)21-3-1-2-4-22(21)23/h1-13,15,34H. The highest BCUT2D eigenvalue weighted by molar-refractivity contribution is 5.92. The van der Waals surface area contributed by atoms with Crippen LogP contribution in [-0.2, 0) is 5.60 Å². The van der Waals surface area contributed by atoms with Crippen molar-refractivity contribution in [2.45, 2.75) is 11.8 Å². The number of hydrogen-bond donors (Lipinski definition) is 1. The van der Waals surface area contributed by atoms with E-state index in [0.29, 0.717) is 22.0 Å². The zero-order chi connectivity index (χ0) is 24.1. The van der Waals surface area contributed by atoms with Gasteiger partial charge in [-0.25, -0.2) is 9.07 Å². The first kappa shape index (κ1) is 21.6. The van der Waals surface area contributed by atoms with Crippen LogP contribution in [0.5, 0.6) is 0 Å². The van der Waals surface area contributed by atoms with Crippen molar-refractivity contribution in [1.82, 2.24) is 9.78 Å². The average Bonchev–Trinajstić information content (AvgIpc) is 3.26. The Balaban J connectivity index is 1.73. The molecule has 0 fully saturated rings. The average molecular weight is 461 g/mol. The minimum atomic E-state index is -5.06. The fourth-order valence-electron chi connectivity index (χ4n) is 4.23. The number of halogens is 4. The van der Waals surface area contributed by atoms with Crippen molar-refractivity contribution >= 4 is 21.7 Å². The molecule has 5 aromatic rings. The fourth-order valence-corrected chi connectivity index (χ4v) is 4.23. The Morgan fingerprint density at radius 1 is 0.882 bits per heavy atom. The van der Waals surface area contributed by atoms with E-state index in [1.165, 1.54) is 65.5 Å². The molecule has 0 aliphatic heterocycles. The van der Waals surface area contributed by atoms with Crippen LogP contribution in [-0.4, -0.2) is 21.1 Å². The van der Waals surface area contributed by atoms with E-state index in [1.807, 2.05) is 6.07 Å². The number of alkyl halides is 3.